The van der Waals surface area contributed by atoms with Crippen molar-refractivity contribution in [3.05, 3.63) is 33.7 Å². The van der Waals surface area contributed by atoms with Crippen LogP contribution in [0, 0.1) is 6.92 Å². The first kappa shape index (κ1) is 16.2. The van der Waals surface area contributed by atoms with Gasteiger partial charge in [0.1, 0.15) is 5.56 Å². The Morgan fingerprint density at radius 2 is 2.00 bits per heavy atom. The van der Waals surface area contributed by atoms with E-state index in [1.807, 2.05) is 32.0 Å². The van der Waals surface area contributed by atoms with E-state index in [2.05, 4.69) is 0 Å². The molecular formula is C17H25N3O3. The van der Waals surface area contributed by atoms with Crippen LogP contribution in [0.5, 0.6) is 0 Å². The van der Waals surface area contributed by atoms with Crippen LogP contribution in [0.25, 0.3) is 0 Å². The minimum atomic E-state index is -0.436. The van der Waals surface area contributed by atoms with Crippen molar-refractivity contribution >= 4 is 5.91 Å². The fourth-order valence-corrected chi connectivity index (χ4v) is 3.31. The molecule has 1 amide bonds. The van der Waals surface area contributed by atoms with Crippen LogP contribution in [-0.4, -0.2) is 64.7 Å². The molecule has 23 heavy (non-hydrogen) atoms. The number of rotatable bonds is 3. The van der Waals surface area contributed by atoms with Crippen molar-refractivity contribution in [2.75, 3.05) is 27.2 Å². The zero-order valence-electron chi connectivity index (χ0n) is 14.0. The van der Waals surface area contributed by atoms with Gasteiger partial charge in [-0.1, -0.05) is 0 Å². The van der Waals surface area contributed by atoms with Gasteiger partial charge in [0.2, 0.25) is 0 Å². The Bertz CT molecular complexity index is 664. The van der Waals surface area contributed by atoms with Crippen LogP contribution in [-0.2, 0) is 0 Å². The number of carbonyl (C=O) groups excluding carboxylic acids is 1. The Kier molecular flexibility index (Phi) is 4.29. The van der Waals surface area contributed by atoms with Gasteiger partial charge in [-0.3, -0.25) is 9.59 Å². The van der Waals surface area contributed by atoms with E-state index >= 15 is 0 Å². The Balaban J connectivity index is 1.88. The molecule has 0 unspecified atom stereocenters. The molecule has 0 bridgehead atoms. The van der Waals surface area contributed by atoms with Crippen LogP contribution < -0.4 is 5.56 Å². The average Bonchev–Trinajstić information content (AvgIpc) is 3.32. The summed E-state index contributed by atoms with van der Waals surface area (Å²) in [6, 6.07) is 2.02. The van der Waals surface area contributed by atoms with E-state index in [-0.39, 0.29) is 29.1 Å². The van der Waals surface area contributed by atoms with Crippen LogP contribution in [0.2, 0.25) is 0 Å². The Labute approximate surface area is 136 Å². The van der Waals surface area contributed by atoms with Crippen molar-refractivity contribution < 1.29 is 9.90 Å². The molecule has 1 aromatic rings. The van der Waals surface area contributed by atoms with Crippen molar-refractivity contribution in [2.24, 2.45) is 0 Å². The lowest BCUT2D eigenvalue weighted by atomic mass is 10.00. The van der Waals surface area contributed by atoms with Gasteiger partial charge in [0.15, 0.2) is 0 Å². The maximum Gasteiger partial charge on any atom is 0.263 e. The van der Waals surface area contributed by atoms with Crippen molar-refractivity contribution in [1.82, 2.24) is 14.4 Å². The third-order valence-electron chi connectivity index (χ3n) is 4.98. The molecule has 0 spiro atoms. The maximum absolute atomic E-state index is 12.9. The quantitative estimate of drug-likeness (QED) is 0.887. The fraction of sp³-hybridized carbons (Fsp3) is 0.647. The van der Waals surface area contributed by atoms with Crippen LogP contribution in [0.15, 0.2) is 17.1 Å². The van der Waals surface area contributed by atoms with Gasteiger partial charge >= 0.3 is 0 Å². The predicted molar refractivity (Wildman–Crippen MR) is 87.7 cm³/mol. The molecule has 126 valence electrons. The summed E-state index contributed by atoms with van der Waals surface area (Å²) in [4.78, 5) is 29.3. The van der Waals surface area contributed by atoms with Crippen molar-refractivity contribution in [3.8, 4) is 0 Å². The fourth-order valence-electron chi connectivity index (χ4n) is 3.31. The molecule has 1 aliphatic heterocycles. The van der Waals surface area contributed by atoms with E-state index in [0.717, 1.165) is 18.4 Å². The first-order valence-electron chi connectivity index (χ1n) is 8.25. The number of likely N-dealkylation sites (tertiary alicyclic amines) is 1. The second kappa shape index (κ2) is 6.09. The lowest BCUT2D eigenvalue weighted by Crippen LogP contribution is -2.55. The topological polar surface area (TPSA) is 65.8 Å². The average molecular weight is 319 g/mol. The standard InChI is InChI=1S/C17H25N3O3/c1-11-6-9-20(12-4-5-12)17(23)15(11)16(22)19-8-7-14(21)13(10-19)18(2)3/h6,9,12-14,21H,4-5,7-8,10H2,1-3H3/t13-,14-/m0/s1. The van der Waals surface area contributed by atoms with E-state index in [1.165, 1.54) is 0 Å². The molecule has 1 aromatic heterocycles. The highest BCUT2D eigenvalue weighted by Crippen LogP contribution is 2.33. The van der Waals surface area contributed by atoms with Crippen LogP contribution in [0.3, 0.4) is 0 Å². The van der Waals surface area contributed by atoms with Gasteiger partial charge in [-0.25, -0.2) is 0 Å². The van der Waals surface area contributed by atoms with Crippen LogP contribution in [0.1, 0.15) is 41.2 Å². The van der Waals surface area contributed by atoms with Crippen LogP contribution in [0.4, 0.5) is 0 Å². The molecule has 0 radical (unpaired) electrons. The third kappa shape index (κ3) is 3.05. The van der Waals surface area contributed by atoms with Gasteiger partial charge < -0.3 is 19.5 Å². The number of hydrogen-bond donors (Lipinski definition) is 1. The summed E-state index contributed by atoms with van der Waals surface area (Å²) in [5.41, 5.74) is 0.836. The molecule has 2 atom stereocenters. The number of likely N-dealkylation sites (N-methyl/N-ethyl adjacent to an activating group) is 1. The second-order valence-electron chi connectivity index (χ2n) is 6.96. The molecule has 6 nitrogen and oxygen atoms in total. The zero-order valence-corrected chi connectivity index (χ0v) is 14.0. The second-order valence-corrected chi connectivity index (χ2v) is 6.96. The highest BCUT2D eigenvalue weighted by atomic mass is 16.3. The van der Waals surface area contributed by atoms with Gasteiger partial charge in [-0.15, -0.1) is 0 Å². The number of hydrogen-bond acceptors (Lipinski definition) is 4. The molecular weight excluding hydrogens is 294 g/mol. The van der Waals surface area contributed by atoms with Gasteiger partial charge in [0.05, 0.1) is 12.1 Å². The normalized spacial score (nSPS) is 25.0. The first-order valence-corrected chi connectivity index (χ1v) is 8.25. The molecule has 1 saturated heterocycles. The molecule has 1 saturated carbocycles. The number of carbonyl (C=O) groups is 1. The maximum atomic E-state index is 12.9. The van der Waals surface area contributed by atoms with E-state index < -0.39 is 6.10 Å². The van der Waals surface area contributed by atoms with E-state index in [1.54, 1.807) is 15.7 Å². The number of pyridine rings is 1. The number of aryl methyl sites for hydroxylation is 1. The summed E-state index contributed by atoms with van der Waals surface area (Å²) >= 11 is 0. The Morgan fingerprint density at radius 1 is 1.30 bits per heavy atom. The van der Waals surface area contributed by atoms with Gasteiger partial charge in [0.25, 0.3) is 11.5 Å². The first-order chi connectivity index (χ1) is 10.9. The smallest absolute Gasteiger partial charge is 0.263 e. The molecule has 6 heteroatoms. The summed E-state index contributed by atoms with van der Waals surface area (Å²) in [6.45, 7) is 2.75. The number of aromatic nitrogens is 1. The van der Waals surface area contributed by atoms with Crippen molar-refractivity contribution in [3.63, 3.8) is 0 Å². The summed E-state index contributed by atoms with van der Waals surface area (Å²) in [6.07, 6.45) is 3.92. The highest BCUT2D eigenvalue weighted by molar-refractivity contribution is 5.95. The van der Waals surface area contributed by atoms with E-state index in [9.17, 15) is 14.7 Å². The molecule has 2 heterocycles. The summed E-state index contributed by atoms with van der Waals surface area (Å²) in [5.74, 6) is -0.207. The lowest BCUT2D eigenvalue weighted by Gasteiger charge is -2.39. The molecule has 1 N–H and O–H groups in total. The summed E-state index contributed by atoms with van der Waals surface area (Å²) < 4.78 is 1.70. The number of piperidine rings is 1. The highest BCUT2D eigenvalue weighted by Gasteiger charge is 2.34. The molecule has 3 rings (SSSR count). The van der Waals surface area contributed by atoms with Crippen molar-refractivity contribution in [2.45, 2.75) is 44.4 Å². The number of aliphatic hydroxyl groups is 1. The zero-order chi connectivity index (χ0) is 16.7. The SMILES string of the molecule is Cc1ccn(C2CC2)c(=O)c1C(=O)N1CC[C@H](O)[C@@H](N(C)C)C1. The largest absolute Gasteiger partial charge is 0.391 e. The summed E-state index contributed by atoms with van der Waals surface area (Å²) in [5, 5.41) is 10.1. The minimum Gasteiger partial charge on any atom is -0.391 e. The van der Waals surface area contributed by atoms with Gasteiger partial charge in [-0.2, -0.15) is 0 Å². The third-order valence-corrected chi connectivity index (χ3v) is 4.98. The minimum absolute atomic E-state index is 0.0950. The molecule has 2 aliphatic rings. The Morgan fingerprint density at radius 3 is 2.61 bits per heavy atom. The number of aliphatic hydroxyl groups excluding tert-OH is 1. The number of amides is 1. The van der Waals surface area contributed by atoms with E-state index in [0.29, 0.717) is 19.5 Å². The Hall–Kier alpha value is -1.66. The predicted octanol–water partition coefficient (Wildman–Crippen LogP) is 0.629. The number of nitrogens with zero attached hydrogens (tertiary/aromatic N) is 3. The van der Waals surface area contributed by atoms with Crippen molar-refractivity contribution in [1.29, 1.82) is 0 Å². The van der Waals surface area contributed by atoms with Gasteiger partial charge in [0, 0.05) is 25.3 Å². The van der Waals surface area contributed by atoms with Gasteiger partial charge in [-0.05, 0) is 51.9 Å². The monoisotopic (exact) mass is 319 g/mol. The summed E-state index contributed by atoms with van der Waals surface area (Å²) in [7, 11) is 3.80. The molecule has 0 aromatic carbocycles. The molecule has 2 fully saturated rings. The van der Waals surface area contributed by atoms with Crippen LogP contribution >= 0.6 is 0 Å². The lowest BCUT2D eigenvalue weighted by molar-refractivity contribution is 0.00874. The van der Waals surface area contributed by atoms with E-state index in [4.69, 9.17) is 0 Å². The molecule has 1 aliphatic carbocycles.